The van der Waals surface area contributed by atoms with Crippen molar-refractivity contribution in [3.05, 3.63) is 37.5 Å². The van der Waals surface area contributed by atoms with Crippen LogP contribution < -0.4 is 0 Å². The molecule has 1 rings (SSSR count). The topological polar surface area (TPSA) is 92.4 Å². The van der Waals surface area contributed by atoms with Gasteiger partial charge in [-0.2, -0.15) is 0 Å². The van der Waals surface area contributed by atoms with Gasteiger partial charge in [-0.15, -0.1) is 0 Å². The maximum absolute atomic E-state index is 9.55. The molecule has 0 aliphatic heterocycles. The Hall–Kier alpha value is -2.37. The fraction of sp³-hybridized carbons (Fsp3) is 0. The van der Waals surface area contributed by atoms with Crippen LogP contribution in [0, 0.1) is 0 Å². The van der Waals surface area contributed by atoms with Crippen molar-refractivity contribution in [3.8, 4) is 0 Å². The first-order valence-corrected chi connectivity index (χ1v) is 3.80. The Bertz CT molecular complexity index is 338. The van der Waals surface area contributed by atoms with Crippen LogP contribution in [0.5, 0.6) is 0 Å². The number of aromatic nitrogens is 2. The highest BCUT2D eigenvalue weighted by Gasteiger charge is 1.88. The summed E-state index contributed by atoms with van der Waals surface area (Å²) in [7, 11) is 0. The minimum atomic E-state index is -1.26. The molecule has 0 unspecified atom stereocenters. The summed E-state index contributed by atoms with van der Waals surface area (Å²) >= 11 is 0. The van der Waals surface area contributed by atoms with E-state index in [1.54, 1.807) is 23.3 Å². The van der Waals surface area contributed by atoms with Crippen molar-refractivity contribution >= 4 is 18.1 Å². The third-order valence-electron chi connectivity index (χ3n) is 1.10. The molecule has 15 heavy (non-hydrogen) atoms. The molecule has 0 radical (unpaired) electrons. The minimum absolute atomic E-state index is 0.558. The Morgan fingerprint density at radius 1 is 1.27 bits per heavy atom. The van der Waals surface area contributed by atoms with Crippen molar-refractivity contribution in [1.29, 1.82) is 0 Å². The number of imidazole rings is 1. The first-order chi connectivity index (χ1) is 7.06. The van der Waals surface area contributed by atoms with Crippen molar-refractivity contribution in [3.63, 3.8) is 0 Å². The monoisotopic (exact) mass is 210 g/mol. The van der Waals surface area contributed by atoms with Crippen LogP contribution in [0.1, 0.15) is 0 Å². The van der Waals surface area contributed by atoms with E-state index in [4.69, 9.17) is 10.2 Å². The first kappa shape index (κ1) is 12.6. The zero-order valence-electron chi connectivity index (χ0n) is 7.78. The molecule has 6 nitrogen and oxygen atoms in total. The van der Waals surface area contributed by atoms with Gasteiger partial charge < -0.3 is 14.8 Å². The summed E-state index contributed by atoms with van der Waals surface area (Å²) in [6.45, 7) is 3.53. The standard InChI is InChI=1S/C5H6N2.C4H4O4/c1-2-7-4-3-6-5-7;5-3(6)1-2-4(7)8/h2-5H,1H2;1-2H,(H,5,6)(H,7,8). The van der Waals surface area contributed by atoms with Crippen LogP contribution in [0.25, 0.3) is 6.20 Å². The molecule has 1 aromatic heterocycles. The second-order valence-corrected chi connectivity index (χ2v) is 2.20. The Kier molecular flexibility index (Phi) is 5.96. The van der Waals surface area contributed by atoms with Crippen LogP contribution in [0.2, 0.25) is 0 Å². The molecule has 2 N–H and O–H groups in total. The van der Waals surface area contributed by atoms with E-state index in [0.29, 0.717) is 12.2 Å². The Morgan fingerprint density at radius 3 is 2.00 bits per heavy atom. The maximum atomic E-state index is 9.55. The lowest BCUT2D eigenvalue weighted by Gasteiger charge is -1.80. The van der Waals surface area contributed by atoms with E-state index >= 15 is 0 Å². The molecule has 0 saturated carbocycles. The average Bonchev–Trinajstić information content (AvgIpc) is 2.68. The van der Waals surface area contributed by atoms with Crippen molar-refractivity contribution < 1.29 is 19.8 Å². The summed E-state index contributed by atoms with van der Waals surface area (Å²) in [5, 5.41) is 15.6. The lowest BCUT2D eigenvalue weighted by atomic mass is 10.5. The molecule has 80 valence electrons. The van der Waals surface area contributed by atoms with Crippen LogP contribution in [-0.4, -0.2) is 31.7 Å². The summed E-state index contributed by atoms with van der Waals surface area (Å²) in [5.41, 5.74) is 0. The normalized spacial score (nSPS) is 9.07. The molecule has 0 aliphatic rings. The summed E-state index contributed by atoms with van der Waals surface area (Å²) in [5.74, 6) is -2.51. The van der Waals surface area contributed by atoms with Gasteiger partial charge >= 0.3 is 11.9 Å². The van der Waals surface area contributed by atoms with Gasteiger partial charge in [-0.3, -0.25) is 0 Å². The predicted octanol–water partition coefficient (Wildman–Crippen LogP) is 0.695. The van der Waals surface area contributed by atoms with E-state index in [-0.39, 0.29) is 0 Å². The molecule has 0 saturated heterocycles. The fourth-order valence-corrected chi connectivity index (χ4v) is 0.520. The molecule has 0 aromatic carbocycles. The average molecular weight is 210 g/mol. The van der Waals surface area contributed by atoms with Crippen LogP contribution in [-0.2, 0) is 9.59 Å². The van der Waals surface area contributed by atoms with Gasteiger partial charge in [-0.25, -0.2) is 14.6 Å². The van der Waals surface area contributed by atoms with E-state index in [2.05, 4.69) is 11.6 Å². The number of rotatable bonds is 3. The van der Waals surface area contributed by atoms with E-state index in [0.717, 1.165) is 0 Å². The van der Waals surface area contributed by atoms with Gasteiger partial charge in [0.25, 0.3) is 0 Å². The molecule has 0 atom stereocenters. The SMILES string of the molecule is C=Cn1ccnc1.O=C(O)C=CC(=O)O. The van der Waals surface area contributed by atoms with Gasteiger partial charge in [-0.1, -0.05) is 6.58 Å². The van der Waals surface area contributed by atoms with Gasteiger partial charge in [0.2, 0.25) is 0 Å². The Balaban J connectivity index is 0.000000262. The molecule has 0 fully saturated rings. The lowest BCUT2D eigenvalue weighted by Crippen LogP contribution is -1.91. The third kappa shape index (κ3) is 7.97. The molecular weight excluding hydrogens is 200 g/mol. The lowest BCUT2D eigenvalue weighted by molar-refractivity contribution is -0.134. The summed E-state index contributed by atoms with van der Waals surface area (Å²) in [6, 6.07) is 0. The second-order valence-electron chi connectivity index (χ2n) is 2.20. The molecule has 1 aromatic rings. The number of nitrogens with zero attached hydrogens (tertiary/aromatic N) is 2. The molecule has 0 amide bonds. The van der Waals surface area contributed by atoms with E-state index in [1.165, 1.54) is 0 Å². The number of carboxylic acids is 2. The van der Waals surface area contributed by atoms with Gasteiger partial charge in [0.15, 0.2) is 0 Å². The van der Waals surface area contributed by atoms with Gasteiger partial charge in [-0.05, 0) is 0 Å². The van der Waals surface area contributed by atoms with Gasteiger partial charge in [0.05, 0.1) is 6.33 Å². The molecular formula is C9H10N2O4. The van der Waals surface area contributed by atoms with Crippen molar-refractivity contribution in [2.24, 2.45) is 0 Å². The van der Waals surface area contributed by atoms with Crippen LogP contribution in [0.3, 0.4) is 0 Å². The van der Waals surface area contributed by atoms with Crippen molar-refractivity contribution in [2.75, 3.05) is 0 Å². The Labute approximate surface area is 85.8 Å². The van der Waals surface area contributed by atoms with E-state index in [9.17, 15) is 9.59 Å². The first-order valence-electron chi connectivity index (χ1n) is 3.80. The zero-order valence-corrected chi connectivity index (χ0v) is 7.78. The summed E-state index contributed by atoms with van der Waals surface area (Å²) in [6.07, 6.45) is 8.03. The maximum Gasteiger partial charge on any atom is 0.328 e. The number of aliphatic carboxylic acids is 2. The highest BCUT2D eigenvalue weighted by molar-refractivity contribution is 5.89. The Morgan fingerprint density at radius 2 is 1.80 bits per heavy atom. The third-order valence-corrected chi connectivity index (χ3v) is 1.10. The van der Waals surface area contributed by atoms with Crippen LogP contribution in [0.4, 0.5) is 0 Å². The molecule has 6 heteroatoms. The number of hydrogen-bond acceptors (Lipinski definition) is 3. The summed E-state index contributed by atoms with van der Waals surface area (Å²) < 4.78 is 1.78. The van der Waals surface area contributed by atoms with E-state index in [1.807, 2.05) is 6.20 Å². The second kappa shape index (κ2) is 7.07. The van der Waals surface area contributed by atoms with E-state index < -0.39 is 11.9 Å². The number of carboxylic acid groups (broad SMARTS) is 2. The van der Waals surface area contributed by atoms with Crippen molar-refractivity contribution in [2.45, 2.75) is 0 Å². The largest absolute Gasteiger partial charge is 0.478 e. The highest BCUT2D eigenvalue weighted by Crippen LogP contribution is 1.81. The van der Waals surface area contributed by atoms with Crippen LogP contribution >= 0.6 is 0 Å². The predicted molar refractivity (Wildman–Crippen MR) is 53.0 cm³/mol. The van der Waals surface area contributed by atoms with Crippen LogP contribution in [0.15, 0.2) is 37.5 Å². The number of carbonyl (C=O) groups is 2. The fourth-order valence-electron chi connectivity index (χ4n) is 0.520. The smallest absolute Gasteiger partial charge is 0.328 e. The molecule has 0 bridgehead atoms. The summed E-state index contributed by atoms with van der Waals surface area (Å²) in [4.78, 5) is 22.9. The highest BCUT2D eigenvalue weighted by atomic mass is 16.4. The molecule has 0 aliphatic carbocycles. The molecule has 1 heterocycles. The van der Waals surface area contributed by atoms with Gasteiger partial charge in [0.1, 0.15) is 0 Å². The number of hydrogen-bond donors (Lipinski definition) is 2. The van der Waals surface area contributed by atoms with Gasteiger partial charge in [0, 0.05) is 30.7 Å². The zero-order chi connectivity index (χ0) is 11.7. The molecule has 0 spiro atoms. The van der Waals surface area contributed by atoms with Crippen molar-refractivity contribution in [1.82, 2.24) is 9.55 Å². The quantitative estimate of drug-likeness (QED) is 0.716. The minimum Gasteiger partial charge on any atom is -0.478 e.